The van der Waals surface area contributed by atoms with E-state index in [4.69, 9.17) is 4.74 Å². The van der Waals surface area contributed by atoms with Gasteiger partial charge < -0.3 is 9.64 Å². The smallest absolute Gasteiger partial charge is 0.311 e. The molecule has 0 amide bonds. The number of ether oxygens (including phenoxy) is 1. The lowest BCUT2D eigenvalue weighted by atomic mass is 10.2. The van der Waals surface area contributed by atoms with Gasteiger partial charge in [0.25, 0.3) is 0 Å². The Morgan fingerprint density at radius 3 is 2.95 bits per heavy atom. The Morgan fingerprint density at radius 2 is 2.14 bits per heavy atom. The second-order valence-corrected chi connectivity index (χ2v) is 5.57. The number of aryl methyl sites for hydroxylation is 1. The van der Waals surface area contributed by atoms with Crippen LogP contribution in [0.2, 0.25) is 0 Å². The molecule has 1 saturated carbocycles. The van der Waals surface area contributed by atoms with Crippen LogP contribution < -0.4 is 4.90 Å². The third-order valence-electron chi connectivity index (χ3n) is 4.18. The van der Waals surface area contributed by atoms with Crippen molar-refractivity contribution < 1.29 is 18.2 Å². The zero-order valence-electron chi connectivity index (χ0n) is 11.9. The van der Waals surface area contributed by atoms with Crippen molar-refractivity contribution in [2.75, 3.05) is 24.7 Å². The first-order valence-corrected chi connectivity index (χ1v) is 6.98. The lowest BCUT2D eigenvalue weighted by Crippen LogP contribution is -2.30. The summed E-state index contributed by atoms with van der Waals surface area (Å²) in [7, 11) is 0. The number of nitrogens with zero attached hydrogens (tertiary/aromatic N) is 4. The fraction of sp³-hybridized carbons (Fsp3) is 0.500. The highest BCUT2D eigenvalue weighted by Crippen LogP contribution is 2.41. The Balaban J connectivity index is 0.00000144. The van der Waals surface area contributed by atoms with E-state index in [2.05, 4.69) is 15.0 Å². The van der Waals surface area contributed by atoms with Gasteiger partial charge in [0.05, 0.1) is 24.3 Å². The average molecular weight is 312 g/mol. The van der Waals surface area contributed by atoms with Gasteiger partial charge >= 0.3 is 6.08 Å². The minimum atomic E-state index is -0.913. The third-order valence-corrected chi connectivity index (χ3v) is 4.18. The van der Waals surface area contributed by atoms with E-state index >= 15 is 0 Å². The predicted octanol–water partition coefficient (Wildman–Crippen LogP) is 1.99. The van der Waals surface area contributed by atoms with Gasteiger partial charge in [-0.1, -0.05) is 0 Å². The maximum Gasteiger partial charge on any atom is 0.311 e. The zero-order valence-corrected chi connectivity index (χ0v) is 11.9. The Labute approximate surface area is 124 Å². The van der Waals surface area contributed by atoms with Crippen LogP contribution in [0.1, 0.15) is 12.1 Å². The summed E-state index contributed by atoms with van der Waals surface area (Å²) in [4.78, 5) is 13.5. The molecule has 3 heterocycles. The summed E-state index contributed by atoms with van der Waals surface area (Å²) < 4.78 is 33.4. The van der Waals surface area contributed by atoms with Gasteiger partial charge in [0, 0.05) is 24.7 Å². The van der Waals surface area contributed by atoms with Crippen LogP contribution in [0.3, 0.4) is 0 Å². The Kier molecular flexibility index (Phi) is 3.64. The van der Waals surface area contributed by atoms with Crippen LogP contribution in [-0.2, 0) is 4.74 Å². The van der Waals surface area contributed by atoms with Crippen LogP contribution in [0.4, 0.5) is 19.3 Å². The van der Waals surface area contributed by atoms with Gasteiger partial charge in [-0.15, -0.1) is 0 Å². The molecule has 22 heavy (non-hydrogen) atoms. The number of pyridine rings is 1. The maximum atomic E-state index is 14.2. The first-order chi connectivity index (χ1) is 10.1. The van der Waals surface area contributed by atoms with Gasteiger partial charge in [0.2, 0.25) is 0 Å². The fourth-order valence-corrected chi connectivity index (χ4v) is 2.94. The molecular formula is C14H15F3N4O. The highest BCUT2D eigenvalue weighted by atomic mass is 19.1. The number of rotatable bonds is 1. The third kappa shape index (κ3) is 2.27. The summed E-state index contributed by atoms with van der Waals surface area (Å²) in [6.45, 7) is 3.42. The van der Waals surface area contributed by atoms with Gasteiger partial charge in [-0.3, -0.25) is 9.69 Å². The molecule has 4 rings (SSSR count). The maximum absolute atomic E-state index is 14.2. The average Bonchev–Trinajstić information content (AvgIpc) is 3.22. The van der Waals surface area contributed by atoms with E-state index in [-0.39, 0.29) is 22.0 Å². The summed E-state index contributed by atoms with van der Waals surface area (Å²) in [5.41, 5.74) is 0.197. The number of fused-ring (bicyclic) bond motifs is 2. The highest BCUT2D eigenvalue weighted by molar-refractivity contribution is 5.89. The molecule has 0 bridgehead atoms. The topological polar surface area (TPSA) is 51.1 Å². The van der Waals surface area contributed by atoms with E-state index < -0.39 is 11.9 Å². The molecule has 2 fully saturated rings. The van der Waals surface area contributed by atoms with Gasteiger partial charge in [-0.05, 0) is 13.3 Å². The summed E-state index contributed by atoms with van der Waals surface area (Å²) in [5.74, 6) is 0.277. The Bertz CT molecular complexity index is 727. The van der Waals surface area contributed by atoms with E-state index in [0.29, 0.717) is 30.3 Å². The Morgan fingerprint density at radius 1 is 1.32 bits per heavy atom. The zero-order chi connectivity index (χ0) is 14.6. The number of halogens is 3. The van der Waals surface area contributed by atoms with Crippen molar-refractivity contribution in [3.63, 3.8) is 0 Å². The van der Waals surface area contributed by atoms with Crippen LogP contribution in [0, 0.1) is 24.7 Å². The number of aromatic nitrogens is 3. The molecule has 2 aliphatic rings. The van der Waals surface area contributed by atoms with Crippen molar-refractivity contribution in [2.45, 2.75) is 19.4 Å². The van der Waals surface area contributed by atoms with E-state index in [1.165, 1.54) is 13.1 Å². The van der Waals surface area contributed by atoms with E-state index in [1.54, 1.807) is 0 Å². The molecule has 0 unspecified atom stereocenters. The summed E-state index contributed by atoms with van der Waals surface area (Å²) in [6.07, 6.45) is 1.60. The molecule has 8 heteroatoms. The minimum Gasteiger partial charge on any atom is -0.379 e. The van der Waals surface area contributed by atoms with Crippen molar-refractivity contribution in [3.05, 3.63) is 23.8 Å². The van der Waals surface area contributed by atoms with Crippen molar-refractivity contribution in [3.8, 4) is 0 Å². The minimum absolute atomic E-state index is 0. The van der Waals surface area contributed by atoms with Crippen molar-refractivity contribution in [1.82, 2.24) is 15.0 Å². The van der Waals surface area contributed by atoms with Gasteiger partial charge in [-0.2, -0.15) is 14.4 Å². The molecule has 1 saturated heterocycles. The normalized spacial score (nSPS) is 23.7. The first kappa shape index (κ1) is 15.0. The quantitative estimate of drug-likeness (QED) is 0.754. The largest absolute Gasteiger partial charge is 0.379 e. The fourth-order valence-electron chi connectivity index (χ4n) is 2.94. The molecule has 2 aromatic heterocycles. The molecule has 5 nitrogen and oxygen atoms in total. The SMILES string of the molecule is Cc1ncc2c(N3CCOC[C@H]4C[C@H]43)nc(F)nc2c1F.F. The standard InChI is InChI=1S/C14H14F2N4O.FH/c1-7-11(15)12-9(5-17-7)13(19-14(16)18-12)20-2-3-21-6-8-4-10(8)20;/h5,8,10H,2-4,6H2,1H3;1H/t8-,10-;/m1./s1. The second-order valence-electron chi connectivity index (χ2n) is 5.57. The van der Waals surface area contributed by atoms with Crippen molar-refractivity contribution in [1.29, 1.82) is 0 Å². The first-order valence-electron chi connectivity index (χ1n) is 6.98. The number of hydrogen-bond acceptors (Lipinski definition) is 5. The van der Waals surface area contributed by atoms with Crippen LogP contribution in [0.5, 0.6) is 0 Å². The molecule has 2 aromatic rings. The van der Waals surface area contributed by atoms with Crippen LogP contribution in [0.15, 0.2) is 6.20 Å². The van der Waals surface area contributed by atoms with Gasteiger partial charge in [-0.25, -0.2) is 4.39 Å². The molecule has 1 aliphatic carbocycles. The number of anilines is 1. The van der Waals surface area contributed by atoms with Gasteiger partial charge in [0.15, 0.2) is 5.82 Å². The molecular weight excluding hydrogens is 297 g/mol. The predicted molar refractivity (Wildman–Crippen MR) is 74.5 cm³/mol. The van der Waals surface area contributed by atoms with Crippen molar-refractivity contribution in [2.24, 2.45) is 5.92 Å². The Hall–Kier alpha value is -1.96. The molecule has 0 aromatic carbocycles. The van der Waals surface area contributed by atoms with Crippen LogP contribution >= 0.6 is 0 Å². The van der Waals surface area contributed by atoms with Crippen LogP contribution in [0.25, 0.3) is 10.9 Å². The summed E-state index contributed by atoms with van der Waals surface area (Å²) in [5, 5.41) is 0.451. The molecule has 0 spiro atoms. The molecule has 0 N–H and O–H groups in total. The molecule has 2 atom stereocenters. The molecule has 0 radical (unpaired) electrons. The van der Waals surface area contributed by atoms with E-state index in [9.17, 15) is 8.78 Å². The summed E-state index contributed by atoms with van der Waals surface area (Å²) >= 11 is 0. The van der Waals surface area contributed by atoms with Crippen molar-refractivity contribution >= 4 is 16.7 Å². The summed E-state index contributed by atoms with van der Waals surface area (Å²) in [6, 6.07) is 0.286. The van der Waals surface area contributed by atoms with Crippen LogP contribution in [-0.4, -0.2) is 40.8 Å². The van der Waals surface area contributed by atoms with Gasteiger partial charge in [0.1, 0.15) is 11.3 Å². The monoisotopic (exact) mass is 312 g/mol. The van der Waals surface area contributed by atoms with E-state index in [1.807, 2.05) is 4.90 Å². The lowest BCUT2D eigenvalue weighted by Gasteiger charge is -2.23. The van der Waals surface area contributed by atoms with E-state index in [0.717, 1.165) is 13.0 Å². The highest BCUT2D eigenvalue weighted by Gasteiger charge is 2.44. The second kappa shape index (κ2) is 5.35. The number of hydrogen-bond donors (Lipinski definition) is 0. The lowest BCUT2D eigenvalue weighted by molar-refractivity contribution is 0.139. The molecule has 1 aliphatic heterocycles. The molecule has 118 valence electrons.